The van der Waals surface area contributed by atoms with Gasteiger partial charge in [0.05, 0.1) is 19.0 Å². The number of nitrogens with zero attached hydrogens (tertiary/aromatic N) is 1. The standard InChI is InChI=1S/C21H20ClN3O2/c1-27-19-4-2-3-16(13-19)21(26)25-20-10-9-18(14-24-20)23-12-11-15-5-7-17(22)8-6-15/h2-10,13-14,23H,11-12H2,1H3,(H,24,25,26). The quantitative estimate of drug-likeness (QED) is 0.625. The predicted octanol–water partition coefficient (Wildman–Crippen LogP) is 4.65. The molecule has 0 fully saturated rings. The van der Waals surface area contributed by atoms with E-state index in [2.05, 4.69) is 15.6 Å². The molecule has 1 heterocycles. The van der Waals surface area contributed by atoms with Crippen LogP contribution in [0.3, 0.4) is 0 Å². The zero-order chi connectivity index (χ0) is 19.1. The second-order valence-corrected chi connectivity index (χ2v) is 6.36. The van der Waals surface area contributed by atoms with Crippen molar-refractivity contribution in [3.05, 3.63) is 83.0 Å². The van der Waals surface area contributed by atoms with Gasteiger partial charge in [0.15, 0.2) is 0 Å². The molecule has 6 heteroatoms. The molecule has 2 N–H and O–H groups in total. The molecule has 3 aromatic rings. The smallest absolute Gasteiger partial charge is 0.256 e. The predicted molar refractivity (Wildman–Crippen MR) is 109 cm³/mol. The molecule has 0 saturated heterocycles. The lowest BCUT2D eigenvalue weighted by atomic mass is 10.1. The summed E-state index contributed by atoms with van der Waals surface area (Å²) in [6.45, 7) is 0.777. The number of carbonyl (C=O) groups is 1. The minimum atomic E-state index is -0.232. The van der Waals surface area contributed by atoms with Gasteiger partial charge in [-0.15, -0.1) is 0 Å². The number of benzene rings is 2. The lowest BCUT2D eigenvalue weighted by molar-refractivity contribution is 0.102. The molecule has 0 aliphatic carbocycles. The summed E-state index contributed by atoms with van der Waals surface area (Å²) < 4.78 is 5.14. The Morgan fingerprint density at radius 3 is 2.63 bits per heavy atom. The highest BCUT2D eigenvalue weighted by Crippen LogP contribution is 2.15. The zero-order valence-corrected chi connectivity index (χ0v) is 15.7. The molecule has 1 amide bonds. The van der Waals surface area contributed by atoms with E-state index in [1.807, 2.05) is 30.3 Å². The Balaban J connectivity index is 1.52. The number of nitrogens with one attached hydrogen (secondary N) is 2. The highest BCUT2D eigenvalue weighted by atomic mass is 35.5. The Bertz CT molecular complexity index is 896. The van der Waals surface area contributed by atoms with Crippen LogP contribution in [-0.2, 0) is 6.42 Å². The van der Waals surface area contributed by atoms with Gasteiger partial charge in [-0.3, -0.25) is 4.79 Å². The number of hydrogen-bond acceptors (Lipinski definition) is 4. The first-order chi connectivity index (χ1) is 13.1. The Morgan fingerprint density at radius 1 is 1.11 bits per heavy atom. The van der Waals surface area contributed by atoms with Gasteiger partial charge in [0.1, 0.15) is 11.6 Å². The minimum absolute atomic E-state index is 0.232. The van der Waals surface area contributed by atoms with Crippen LogP contribution < -0.4 is 15.4 Å². The summed E-state index contributed by atoms with van der Waals surface area (Å²) in [6, 6.07) is 18.4. The van der Waals surface area contributed by atoms with Crippen LogP contribution in [0.5, 0.6) is 5.75 Å². The van der Waals surface area contributed by atoms with Crippen molar-refractivity contribution in [1.82, 2.24) is 4.98 Å². The van der Waals surface area contributed by atoms with Crippen LogP contribution in [0.4, 0.5) is 11.5 Å². The van der Waals surface area contributed by atoms with E-state index >= 15 is 0 Å². The van der Waals surface area contributed by atoms with E-state index in [0.29, 0.717) is 17.1 Å². The van der Waals surface area contributed by atoms with E-state index in [1.54, 1.807) is 43.6 Å². The van der Waals surface area contributed by atoms with Crippen LogP contribution >= 0.6 is 11.6 Å². The third-order valence-corrected chi connectivity index (χ3v) is 4.25. The fourth-order valence-corrected chi connectivity index (χ4v) is 2.65. The normalized spacial score (nSPS) is 10.3. The van der Waals surface area contributed by atoms with Crippen LogP contribution in [-0.4, -0.2) is 24.5 Å². The van der Waals surface area contributed by atoms with Gasteiger partial charge in [-0.05, 0) is 54.4 Å². The number of pyridine rings is 1. The van der Waals surface area contributed by atoms with Gasteiger partial charge in [0.25, 0.3) is 5.91 Å². The van der Waals surface area contributed by atoms with Crippen molar-refractivity contribution in [2.75, 3.05) is 24.3 Å². The van der Waals surface area contributed by atoms with Crippen LogP contribution in [0.1, 0.15) is 15.9 Å². The Kier molecular flexibility index (Phi) is 6.28. The maximum atomic E-state index is 12.3. The van der Waals surface area contributed by atoms with Gasteiger partial charge in [0, 0.05) is 17.1 Å². The average Bonchev–Trinajstić information content (AvgIpc) is 2.71. The number of aromatic nitrogens is 1. The Morgan fingerprint density at radius 2 is 1.93 bits per heavy atom. The highest BCUT2D eigenvalue weighted by Gasteiger charge is 2.08. The summed E-state index contributed by atoms with van der Waals surface area (Å²) in [4.78, 5) is 16.6. The molecule has 138 valence electrons. The summed E-state index contributed by atoms with van der Waals surface area (Å²) in [5, 5.41) is 6.83. The fraction of sp³-hybridized carbons (Fsp3) is 0.143. The molecule has 0 radical (unpaired) electrons. The van der Waals surface area contributed by atoms with E-state index in [9.17, 15) is 4.79 Å². The maximum absolute atomic E-state index is 12.3. The first-order valence-electron chi connectivity index (χ1n) is 8.54. The number of anilines is 2. The average molecular weight is 382 g/mol. The van der Waals surface area contributed by atoms with Gasteiger partial charge in [-0.25, -0.2) is 4.98 Å². The van der Waals surface area contributed by atoms with Crippen LogP contribution in [0, 0.1) is 0 Å². The summed E-state index contributed by atoms with van der Waals surface area (Å²) >= 11 is 5.89. The van der Waals surface area contributed by atoms with Crippen molar-refractivity contribution in [3.8, 4) is 5.75 Å². The molecule has 0 aliphatic rings. The van der Waals surface area contributed by atoms with E-state index < -0.39 is 0 Å². The third kappa shape index (κ3) is 5.46. The number of rotatable bonds is 7. The number of ether oxygens (including phenoxy) is 1. The molecule has 0 bridgehead atoms. The summed E-state index contributed by atoms with van der Waals surface area (Å²) in [6.07, 6.45) is 2.58. The van der Waals surface area contributed by atoms with Crippen molar-refractivity contribution in [2.45, 2.75) is 6.42 Å². The van der Waals surface area contributed by atoms with Crippen molar-refractivity contribution >= 4 is 29.0 Å². The first kappa shape index (κ1) is 18.7. The monoisotopic (exact) mass is 381 g/mol. The third-order valence-electron chi connectivity index (χ3n) is 3.99. The lowest BCUT2D eigenvalue weighted by Crippen LogP contribution is -2.13. The molecule has 0 saturated carbocycles. The van der Waals surface area contributed by atoms with Gasteiger partial charge in [-0.2, -0.15) is 0 Å². The van der Waals surface area contributed by atoms with Crippen molar-refractivity contribution < 1.29 is 9.53 Å². The second-order valence-electron chi connectivity index (χ2n) is 5.92. The van der Waals surface area contributed by atoms with E-state index in [4.69, 9.17) is 16.3 Å². The highest BCUT2D eigenvalue weighted by molar-refractivity contribution is 6.30. The van der Waals surface area contributed by atoms with Gasteiger partial charge >= 0.3 is 0 Å². The Hall–Kier alpha value is -3.05. The number of halogens is 1. The van der Waals surface area contributed by atoms with Gasteiger partial charge < -0.3 is 15.4 Å². The molecule has 1 aromatic heterocycles. The molecule has 0 aliphatic heterocycles. The van der Waals surface area contributed by atoms with Crippen LogP contribution in [0.25, 0.3) is 0 Å². The summed E-state index contributed by atoms with van der Waals surface area (Å²) in [7, 11) is 1.57. The van der Waals surface area contributed by atoms with E-state index in [1.165, 1.54) is 5.56 Å². The molecule has 27 heavy (non-hydrogen) atoms. The molecule has 3 rings (SSSR count). The molecule has 0 spiro atoms. The van der Waals surface area contributed by atoms with Crippen LogP contribution in [0.15, 0.2) is 66.9 Å². The topological polar surface area (TPSA) is 63.2 Å². The largest absolute Gasteiger partial charge is 0.497 e. The SMILES string of the molecule is COc1cccc(C(=O)Nc2ccc(NCCc3ccc(Cl)cc3)cn2)c1. The fourth-order valence-electron chi connectivity index (χ4n) is 2.53. The zero-order valence-electron chi connectivity index (χ0n) is 14.9. The maximum Gasteiger partial charge on any atom is 0.256 e. The molecule has 5 nitrogen and oxygen atoms in total. The van der Waals surface area contributed by atoms with Gasteiger partial charge in [0.2, 0.25) is 0 Å². The lowest BCUT2D eigenvalue weighted by Gasteiger charge is -2.09. The van der Waals surface area contributed by atoms with Crippen molar-refractivity contribution in [3.63, 3.8) is 0 Å². The molecule has 0 unspecified atom stereocenters. The van der Waals surface area contributed by atoms with E-state index in [0.717, 1.165) is 23.7 Å². The number of methoxy groups -OCH3 is 1. The van der Waals surface area contributed by atoms with Crippen molar-refractivity contribution in [1.29, 1.82) is 0 Å². The first-order valence-corrected chi connectivity index (χ1v) is 8.91. The van der Waals surface area contributed by atoms with Gasteiger partial charge in [-0.1, -0.05) is 29.8 Å². The molecular weight excluding hydrogens is 362 g/mol. The minimum Gasteiger partial charge on any atom is -0.497 e. The molecular formula is C21H20ClN3O2. The Labute approximate surface area is 163 Å². The molecule has 2 aromatic carbocycles. The summed E-state index contributed by atoms with van der Waals surface area (Å²) in [5.74, 6) is 0.895. The van der Waals surface area contributed by atoms with E-state index in [-0.39, 0.29) is 5.91 Å². The molecule has 0 atom stereocenters. The number of carbonyl (C=O) groups excluding carboxylic acids is 1. The number of amides is 1. The van der Waals surface area contributed by atoms with Crippen molar-refractivity contribution in [2.24, 2.45) is 0 Å². The summed E-state index contributed by atoms with van der Waals surface area (Å²) in [5.41, 5.74) is 2.62. The number of hydrogen-bond donors (Lipinski definition) is 2. The second kappa shape index (κ2) is 9.05. The van der Waals surface area contributed by atoms with Crippen LogP contribution in [0.2, 0.25) is 5.02 Å².